The van der Waals surface area contributed by atoms with Crippen molar-refractivity contribution in [3.05, 3.63) is 199 Å². The zero-order valence-electron chi connectivity index (χ0n) is 72.2. The minimum Gasteiger partial charge on any atom is -0.382 e. The zero-order chi connectivity index (χ0) is 90.8. The van der Waals surface area contributed by atoms with Gasteiger partial charge in [-0.15, -0.1) is 0 Å². The van der Waals surface area contributed by atoms with Gasteiger partial charge in [-0.1, -0.05) is 137 Å². The third-order valence-electron chi connectivity index (χ3n) is 20.1. The quantitative estimate of drug-likeness (QED) is 0.0175. The number of Topliss-reactive ketones (excluding diaryl/α,β-unsaturated/α-hetero) is 1. The number of unbranched alkanes of at least 4 members (excludes halogenated alkanes) is 3. The molecule has 2 amide bonds. The highest BCUT2D eigenvalue weighted by Gasteiger charge is 2.32. The monoisotopic (exact) mass is 1930 g/mol. The van der Waals surface area contributed by atoms with Gasteiger partial charge in [-0.3, -0.25) is 4.79 Å². The number of nitrogens with zero attached hydrogens (tertiary/aromatic N) is 5. The third kappa shape index (κ3) is 41.1. The summed E-state index contributed by atoms with van der Waals surface area (Å²) in [6, 6.07) is 32.1. The molecule has 3 aliphatic rings. The fourth-order valence-electron chi connectivity index (χ4n) is 13.8. The molecule has 6 aromatic carbocycles. The lowest BCUT2D eigenvalue weighted by atomic mass is 9.85. The van der Waals surface area contributed by atoms with Gasteiger partial charge in [-0.05, 0) is 189 Å². The molecule has 6 N–H and O–H groups in total. The highest BCUT2D eigenvalue weighted by atomic mass is 35.5. The summed E-state index contributed by atoms with van der Waals surface area (Å²) < 4.78 is 130. The molecule has 0 spiro atoms. The Morgan fingerprint density at radius 3 is 1.13 bits per heavy atom. The Morgan fingerprint density at radius 2 is 0.762 bits per heavy atom. The lowest BCUT2D eigenvalue weighted by Crippen LogP contribution is -2.36. The largest absolute Gasteiger partial charge is 0.382 e. The van der Waals surface area contributed by atoms with E-state index < -0.39 is 29.9 Å². The number of ether oxygens (including phenoxy) is 9. The molecule has 3 atom stereocenters. The van der Waals surface area contributed by atoms with Crippen LogP contribution in [0.2, 0.25) is 30.1 Å². The van der Waals surface area contributed by atoms with Gasteiger partial charge < -0.3 is 73.7 Å². The van der Waals surface area contributed by atoms with Gasteiger partial charge in [0.15, 0.2) is 9.84 Å². The topological polar surface area (TPSA) is 362 Å². The number of nitroso groups, excluding NO2 is 2. The summed E-state index contributed by atoms with van der Waals surface area (Å²) in [6.07, 6.45) is 7.01. The van der Waals surface area contributed by atoms with Crippen LogP contribution >= 0.6 is 69.6 Å². The molecule has 0 bridgehead atoms. The van der Waals surface area contributed by atoms with Crippen molar-refractivity contribution in [1.82, 2.24) is 34.8 Å². The number of carbonyl (C=O) groups excluding carboxylic acids is 2. The molecule has 9 rings (SSSR count). The standard InChI is InChI=1S/C36H53Cl2N3O7S.C24H33Cl2N3O5S.C23H30Cl2N2O5S.C4H8N2O2.CH4/c1-3-15-39-36(43)40-16-6-4-5-9-30(42)10-7-17-46-19-21-48-22-20-47-18-8-23-49(44,45)31-13-11-28(12-14-31)33-26-41(2)27-34-32(33)24-29(37)25-35(34)38;1-29-16-22(21-14-19(25)15-24(26)23(21)17-29)18-2-4-20(5-3-18)35(30,31)28-7-9-33-11-13-34-12-10-32-8-6-27;1-27-15-21(20-13-18(24)14-23(25)22(20)16-27)17-3-5-19(6-4-17)33(28,29)26-7-8-31-11-12-32-10-9-30-2;7-5-3-1-2-4-6-8;/h11-14,24-25,33H,3-10,15-23,26-27H2,1-2H3,(H2,39,40,43);2-5,14-15,22,28H,6-13,16-17,27H2,1H3;3-6,13-14,21,26H,7-12,15-16H2,1-2H3;1-4H2;1H4. The molecular weight excluding hydrogens is 1810 g/mol. The lowest BCUT2D eigenvalue weighted by Gasteiger charge is -2.33. The maximum absolute atomic E-state index is 12.9. The summed E-state index contributed by atoms with van der Waals surface area (Å²) in [7, 11) is -2.98. The first-order chi connectivity index (χ1) is 60.1. The van der Waals surface area contributed by atoms with E-state index in [2.05, 4.69) is 45.1 Å². The van der Waals surface area contributed by atoms with Crippen LogP contribution in [-0.4, -0.2) is 264 Å². The van der Waals surface area contributed by atoms with E-state index in [-0.39, 0.29) is 78.8 Å². The van der Waals surface area contributed by atoms with Crippen LogP contribution in [0.3, 0.4) is 0 Å². The number of amides is 2. The average molecular weight is 1940 g/mol. The molecule has 0 aliphatic carbocycles. The molecule has 29 nitrogen and oxygen atoms in total. The van der Waals surface area contributed by atoms with E-state index in [1.165, 1.54) is 0 Å². The van der Waals surface area contributed by atoms with Crippen molar-refractivity contribution in [2.75, 3.05) is 212 Å². The summed E-state index contributed by atoms with van der Waals surface area (Å²) in [6.45, 7) is 16.4. The molecule has 6 aromatic rings. The highest BCUT2D eigenvalue weighted by molar-refractivity contribution is 7.91. The van der Waals surface area contributed by atoms with E-state index in [0.29, 0.717) is 205 Å². The SMILES string of the molecule is C.CCCNC(=O)NCCCCCC(=O)CCCOCCOCCOCCCS(=O)(=O)c1ccc(C2CN(C)Cc3c(Cl)cc(Cl)cc32)cc1.CN1Cc2c(Cl)cc(Cl)cc2C(c2ccc(S(=O)(=O)NCCOCCOCCOCCN)cc2)C1.COCCOCCOCCNS(=O)(=O)c1ccc(C2CN(C)Cc3c(Cl)cc(Cl)cc32)cc1.O=NCCCCN=O. The number of nitrogens with two attached hydrogens (primary N) is 1. The summed E-state index contributed by atoms with van der Waals surface area (Å²) in [5, 5.41) is 14.5. The molecule has 3 aliphatic heterocycles. The van der Waals surface area contributed by atoms with Crippen LogP contribution in [0.1, 0.15) is 146 Å². The van der Waals surface area contributed by atoms with Gasteiger partial charge in [0, 0.05) is 153 Å². The van der Waals surface area contributed by atoms with E-state index in [0.717, 1.165) is 115 Å². The summed E-state index contributed by atoms with van der Waals surface area (Å²) in [4.78, 5) is 49.6. The maximum atomic E-state index is 12.9. The molecule has 38 heteroatoms. The van der Waals surface area contributed by atoms with E-state index in [1.807, 2.05) is 82.7 Å². The third-order valence-corrected chi connectivity index (χ3v) is 26.5. The number of hydrogen-bond donors (Lipinski definition) is 5. The lowest BCUT2D eigenvalue weighted by molar-refractivity contribution is -0.119. The minimum atomic E-state index is -3.64. The van der Waals surface area contributed by atoms with Crippen molar-refractivity contribution in [1.29, 1.82) is 0 Å². The number of nitrogens with one attached hydrogen (secondary N) is 4. The van der Waals surface area contributed by atoms with E-state index in [4.69, 9.17) is 118 Å². The first-order valence-corrected chi connectivity index (χ1v) is 49.0. The van der Waals surface area contributed by atoms with Gasteiger partial charge >= 0.3 is 6.03 Å². The van der Waals surface area contributed by atoms with Crippen LogP contribution in [0.25, 0.3) is 0 Å². The molecular formula is C88H128Cl6N10O19S3. The molecule has 0 fully saturated rings. The first kappa shape index (κ1) is 111. The number of sulfonamides is 2. The van der Waals surface area contributed by atoms with Crippen LogP contribution in [0.4, 0.5) is 4.79 Å². The second-order valence-electron chi connectivity index (χ2n) is 30.0. The van der Waals surface area contributed by atoms with E-state index >= 15 is 0 Å². The molecule has 3 unspecified atom stereocenters. The molecule has 0 saturated heterocycles. The predicted molar refractivity (Wildman–Crippen MR) is 499 cm³/mol. The van der Waals surface area contributed by atoms with Crippen LogP contribution in [-0.2, 0) is 96.9 Å². The Morgan fingerprint density at radius 1 is 0.421 bits per heavy atom. The van der Waals surface area contributed by atoms with Crippen molar-refractivity contribution >= 4 is 111 Å². The van der Waals surface area contributed by atoms with Crippen molar-refractivity contribution in [2.24, 2.45) is 16.1 Å². The van der Waals surface area contributed by atoms with Crippen molar-refractivity contribution in [2.45, 2.75) is 131 Å². The number of likely N-dealkylation sites (N-methyl/N-ethyl adjacent to an activating group) is 3. The van der Waals surface area contributed by atoms with Gasteiger partial charge in [0.05, 0.1) is 133 Å². The number of rotatable bonds is 55. The molecule has 0 saturated carbocycles. The maximum Gasteiger partial charge on any atom is 0.314 e. The van der Waals surface area contributed by atoms with Crippen LogP contribution in [0.15, 0.2) is 134 Å². The normalized spacial score (nSPS) is 15.2. The Bertz CT molecular complexity index is 4540. The predicted octanol–water partition coefficient (Wildman–Crippen LogP) is 14.7. The highest BCUT2D eigenvalue weighted by Crippen LogP contribution is 2.42. The van der Waals surface area contributed by atoms with Gasteiger partial charge in [-0.2, -0.15) is 9.81 Å². The van der Waals surface area contributed by atoms with Gasteiger partial charge in [0.1, 0.15) is 5.78 Å². The number of urea groups is 1. The minimum absolute atomic E-state index is 0. The smallest absolute Gasteiger partial charge is 0.314 e. The number of halogens is 6. The van der Waals surface area contributed by atoms with Crippen LogP contribution in [0.5, 0.6) is 0 Å². The number of ketones is 1. The molecule has 3 heterocycles. The number of carbonyl (C=O) groups is 2. The molecule has 0 aromatic heterocycles. The fraction of sp³-hybridized carbons (Fsp3) is 0.568. The number of sulfone groups is 1. The fourth-order valence-corrected chi connectivity index (χ4v) is 18.8. The number of methoxy groups -OCH3 is 1. The Hall–Kier alpha value is -5.55. The van der Waals surface area contributed by atoms with Gasteiger partial charge in [-0.25, -0.2) is 39.5 Å². The second kappa shape index (κ2) is 62.0. The summed E-state index contributed by atoms with van der Waals surface area (Å²) >= 11 is 38.2. The van der Waals surface area contributed by atoms with E-state index in [9.17, 15) is 44.7 Å². The summed E-state index contributed by atoms with van der Waals surface area (Å²) in [5.41, 5.74) is 14.8. The first-order valence-electron chi connectivity index (χ1n) is 42.1. The molecule has 126 heavy (non-hydrogen) atoms. The van der Waals surface area contributed by atoms with Crippen molar-refractivity contribution in [3.63, 3.8) is 0 Å². The zero-order valence-corrected chi connectivity index (χ0v) is 79.2. The van der Waals surface area contributed by atoms with Crippen molar-refractivity contribution < 1.29 is 77.5 Å². The number of hydrogen-bond acceptors (Lipinski definition) is 25. The Kier molecular flexibility index (Phi) is 54.6. The molecule has 704 valence electrons. The summed E-state index contributed by atoms with van der Waals surface area (Å²) in [5.74, 6) is 0.391. The van der Waals surface area contributed by atoms with E-state index in [1.54, 1.807) is 61.7 Å². The number of benzene rings is 6. The average Bonchev–Trinajstić information content (AvgIpc) is 0.783. The van der Waals surface area contributed by atoms with Crippen LogP contribution in [0, 0.1) is 9.81 Å². The van der Waals surface area contributed by atoms with Gasteiger partial charge in [0.2, 0.25) is 20.0 Å². The molecule has 0 radical (unpaired) electrons. The van der Waals surface area contributed by atoms with Crippen molar-refractivity contribution in [3.8, 4) is 0 Å². The Labute approximate surface area is 775 Å². The van der Waals surface area contributed by atoms with Gasteiger partial charge in [0.25, 0.3) is 0 Å². The number of fused-ring (bicyclic) bond motifs is 3. The Balaban J connectivity index is 0.000000326. The van der Waals surface area contributed by atoms with Crippen LogP contribution < -0.4 is 25.8 Å². The second-order valence-corrected chi connectivity index (χ2v) is 38.2.